The predicted molar refractivity (Wildman–Crippen MR) is 78.3 cm³/mol. The van der Waals surface area contributed by atoms with Gasteiger partial charge in [0.2, 0.25) is 0 Å². The molecule has 1 aromatic carbocycles. The average Bonchev–Trinajstić information content (AvgIpc) is 2.27. The Morgan fingerprint density at radius 2 is 1.75 bits per heavy atom. The Kier molecular flexibility index (Phi) is 5.13. The molecule has 0 saturated carbocycles. The fourth-order valence-corrected chi connectivity index (χ4v) is 1.94. The van der Waals surface area contributed by atoms with Gasteiger partial charge in [0.05, 0.1) is 26.3 Å². The van der Waals surface area contributed by atoms with Crippen molar-refractivity contribution in [3.63, 3.8) is 0 Å². The lowest BCUT2D eigenvalue weighted by molar-refractivity contribution is 0.0636. The van der Waals surface area contributed by atoms with Gasteiger partial charge in [0.15, 0.2) is 0 Å². The maximum atomic E-state index is 11.7. The number of carboxylic acids is 1. The van der Waals surface area contributed by atoms with E-state index in [4.69, 9.17) is 44.6 Å². The number of carboxylic acid groups (broad SMARTS) is 1. The van der Waals surface area contributed by atoms with Gasteiger partial charge in [-0.15, -0.1) is 0 Å². The van der Waals surface area contributed by atoms with Gasteiger partial charge in [-0.1, -0.05) is 34.8 Å². The second kappa shape index (κ2) is 6.08. The highest BCUT2D eigenvalue weighted by Crippen LogP contribution is 2.38. The van der Waals surface area contributed by atoms with E-state index in [-0.39, 0.29) is 26.3 Å². The van der Waals surface area contributed by atoms with Crippen LogP contribution in [0.5, 0.6) is 0 Å². The van der Waals surface area contributed by atoms with Gasteiger partial charge in [0.25, 0.3) is 0 Å². The van der Waals surface area contributed by atoms with Crippen molar-refractivity contribution in [2.75, 3.05) is 5.32 Å². The molecular weight excluding hydrogens is 328 g/mol. The highest BCUT2D eigenvalue weighted by atomic mass is 35.5. The first-order chi connectivity index (χ1) is 9.03. The van der Waals surface area contributed by atoms with Gasteiger partial charge in [-0.25, -0.2) is 9.59 Å². The van der Waals surface area contributed by atoms with Gasteiger partial charge in [0, 0.05) is 0 Å². The van der Waals surface area contributed by atoms with Gasteiger partial charge >= 0.3 is 12.1 Å². The molecule has 2 N–H and O–H groups in total. The molecule has 1 amide bonds. The van der Waals surface area contributed by atoms with E-state index >= 15 is 0 Å². The summed E-state index contributed by atoms with van der Waals surface area (Å²) < 4.78 is 5.02. The second-order valence-corrected chi connectivity index (χ2v) is 6.00. The first-order valence-electron chi connectivity index (χ1n) is 5.43. The van der Waals surface area contributed by atoms with Crippen molar-refractivity contribution >= 4 is 52.6 Å². The number of rotatable bonds is 2. The molecule has 5 nitrogen and oxygen atoms in total. The van der Waals surface area contributed by atoms with E-state index in [2.05, 4.69) is 5.32 Å². The third kappa shape index (κ3) is 4.16. The van der Waals surface area contributed by atoms with Crippen molar-refractivity contribution in [2.24, 2.45) is 0 Å². The SMILES string of the molecule is CC(C)(C)OC(=O)Nc1c(C(=O)O)cc(Cl)c(Cl)c1Cl. The number of ether oxygens (including phenoxy) is 1. The topological polar surface area (TPSA) is 75.6 Å². The molecule has 0 bridgehead atoms. The summed E-state index contributed by atoms with van der Waals surface area (Å²) >= 11 is 17.5. The first kappa shape index (κ1) is 16.9. The third-order valence-corrected chi connectivity index (χ3v) is 3.28. The number of carbonyl (C=O) groups is 2. The number of amides is 1. The summed E-state index contributed by atoms with van der Waals surface area (Å²) in [4.78, 5) is 22.8. The lowest BCUT2D eigenvalue weighted by atomic mass is 10.1. The minimum atomic E-state index is -1.31. The summed E-state index contributed by atoms with van der Waals surface area (Å²) in [6, 6.07) is 1.10. The molecule has 0 heterocycles. The summed E-state index contributed by atoms with van der Waals surface area (Å²) in [7, 11) is 0. The quantitative estimate of drug-likeness (QED) is 0.766. The van der Waals surface area contributed by atoms with E-state index in [1.807, 2.05) is 0 Å². The number of hydrogen-bond donors (Lipinski definition) is 2. The summed E-state index contributed by atoms with van der Waals surface area (Å²) in [5.41, 5.74) is -1.19. The molecule has 1 rings (SSSR count). The lowest BCUT2D eigenvalue weighted by Crippen LogP contribution is -2.28. The van der Waals surface area contributed by atoms with Gasteiger partial charge in [-0.05, 0) is 26.8 Å². The maximum Gasteiger partial charge on any atom is 0.412 e. The van der Waals surface area contributed by atoms with Crippen LogP contribution in [0.15, 0.2) is 6.07 Å². The molecule has 0 unspecified atom stereocenters. The van der Waals surface area contributed by atoms with Crippen LogP contribution in [0.4, 0.5) is 10.5 Å². The molecule has 20 heavy (non-hydrogen) atoms. The normalized spacial score (nSPS) is 11.1. The van der Waals surface area contributed by atoms with E-state index in [0.717, 1.165) is 6.07 Å². The van der Waals surface area contributed by atoms with Crippen LogP contribution in [-0.4, -0.2) is 22.8 Å². The average molecular weight is 341 g/mol. The summed E-state index contributed by atoms with van der Waals surface area (Å²) in [5.74, 6) is -1.31. The van der Waals surface area contributed by atoms with Crippen molar-refractivity contribution < 1.29 is 19.4 Å². The molecule has 0 spiro atoms. The Morgan fingerprint density at radius 3 is 2.20 bits per heavy atom. The second-order valence-electron chi connectivity index (χ2n) is 4.84. The van der Waals surface area contributed by atoms with Crippen LogP contribution in [-0.2, 0) is 4.74 Å². The third-order valence-electron chi connectivity index (χ3n) is 2.02. The van der Waals surface area contributed by atoms with Crippen LogP contribution in [0, 0.1) is 0 Å². The first-order valence-corrected chi connectivity index (χ1v) is 6.57. The Labute approximate surface area is 130 Å². The molecule has 0 radical (unpaired) electrons. The summed E-state index contributed by atoms with van der Waals surface area (Å²) in [5, 5.41) is 11.1. The van der Waals surface area contributed by atoms with Crippen molar-refractivity contribution in [3.05, 3.63) is 26.7 Å². The number of aromatic carboxylic acids is 1. The highest BCUT2D eigenvalue weighted by Gasteiger charge is 2.23. The fourth-order valence-electron chi connectivity index (χ4n) is 1.29. The number of benzene rings is 1. The van der Waals surface area contributed by atoms with E-state index < -0.39 is 17.7 Å². The number of nitrogens with one attached hydrogen (secondary N) is 1. The Hall–Kier alpha value is -1.17. The van der Waals surface area contributed by atoms with E-state index in [1.165, 1.54) is 0 Å². The molecule has 0 aliphatic heterocycles. The number of anilines is 1. The molecule has 0 aliphatic rings. The minimum Gasteiger partial charge on any atom is -0.478 e. The minimum absolute atomic E-state index is 0.0243. The van der Waals surface area contributed by atoms with Crippen LogP contribution >= 0.6 is 34.8 Å². The molecule has 0 fully saturated rings. The van der Waals surface area contributed by atoms with Crippen LogP contribution in [0.3, 0.4) is 0 Å². The maximum absolute atomic E-state index is 11.7. The van der Waals surface area contributed by atoms with E-state index in [0.29, 0.717) is 0 Å². The smallest absolute Gasteiger partial charge is 0.412 e. The van der Waals surface area contributed by atoms with Gasteiger partial charge < -0.3 is 9.84 Å². The Balaban J connectivity index is 3.20. The van der Waals surface area contributed by atoms with E-state index in [9.17, 15) is 9.59 Å². The monoisotopic (exact) mass is 339 g/mol. The predicted octanol–water partition coefficient (Wildman–Crippen LogP) is 4.69. The summed E-state index contributed by atoms with van der Waals surface area (Å²) in [6.07, 6.45) is -0.847. The standard InChI is InChI=1S/C12H12Cl3NO4/c1-12(2,3)20-11(19)16-9-5(10(17)18)4-6(13)7(14)8(9)15/h4H,1-3H3,(H,16,19)(H,17,18). The van der Waals surface area contributed by atoms with Crippen LogP contribution in [0.25, 0.3) is 0 Å². The van der Waals surface area contributed by atoms with Crippen molar-refractivity contribution in [1.82, 2.24) is 0 Å². The number of carbonyl (C=O) groups excluding carboxylic acids is 1. The van der Waals surface area contributed by atoms with Gasteiger partial charge in [-0.3, -0.25) is 5.32 Å². The van der Waals surface area contributed by atoms with Crippen LogP contribution < -0.4 is 5.32 Å². The fraction of sp³-hybridized carbons (Fsp3) is 0.333. The molecule has 1 aromatic rings. The molecule has 0 saturated heterocycles. The Morgan fingerprint density at radius 1 is 1.20 bits per heavy atom. The zero-order valence-electron chi connectivity index (χ0n) is 10.9. The van der Waals surface area contributed by atoms with Crippen LogP contribution in [0.2, 0.25) is 15.1 Å². The zero-order chi connectivity index (χ0) is 15.7. The zero-order valence-corrected chi connectivity index (χ0v) is 13.2. The lowest BCUT2D eigenvalue weighted by Gasteiger charge is -2.20. The van der Waals surface area contributed by atoms with Gasteiger partial charge in [0.1, 0.15) is 5.60 Å². The van der Waals surface area contributed by atoms with Crippen molar-refractivity contribution in [2.45, 2.75) is 26.4 Å². The van der Waals surface area contributed by atoms with Crippen molar-refractivity contribution in [3.8, 4) is 0 Å². The Bertz CT molecular complexity index is 567. The largest absolute Gasteiger partial charge is 0.478 e. The number of halogens is 3. The molecule has 0 atom stereocenters. The van der Waals surface area contributed by atoms with Crippen LogP contribution in [0.1, 0.15) is 31.1 Å². The molecule has 0 aliphatic carbocycles. The molecule has 8 heteroatoms. The number of hydrogen-bond acceptors (Lipinski definition) is 3. The van der Waals surface area contributed by atoms with Crippen molar-refractivity contribution in [1.29, 1.82) is 0 Å². The highest BCUT2D eigenvalue weighted by molar-refractivity contribution is 6.49. The molecular formula is C12H12Cl3NO4. The molecule has 0 aromatic heterocycles. The van der Waals surface area contributed by atoms with Gasteiger partial charge in [-0.2, -0.15) is 0 Å². The van der Waals surface area contributed by atoms with E-state index in [1.54, 1.807) is 20.8 Å². The molecule has 110 valence electrons. The summed E-state index contributed by atoms with van der Waals surface area (Å²) in [6.45, 7) is 5.00.